The fraction of sp³-hybridized carbons (Fsp3) is 0.733. The van der Waals surface area contributed by atoms with Gasteiger partial charge in [-0.3, -0.25) is 4.90 Å². The molecular formula is C15H23N3. The summed E-state index contributed by atoms with van der Waals surface area (Å²) in [5.41, 5.74) is 1.24. The van der Waals surface area contributed by atoms with E-state index >= 15 is 0 Å². The van der Waals surface area contributed by atoms with Gasteiger partial charge in [-0.25, -0.2) is 9.97 Å². The number of piperidine rings is 1. The molecule has 3 heteroatoms. The highest BCUT2D eigenvalue weighted by atomic mass is 15.2. The maximum Gasteiger partial charge on any atom is 0.115 e. The van der Waals surface area contributed by atoms with Gasteiger partial charge < -0.3 is 0 Å². The van der Waals surface area contributed by atoms with Gasteiger partial charge in [0.25, 0.3) is 0 Å². The Morgan fingerprint density at radius 3 is 2.72 bits per heavy atom. The van der Waals surface area contributed by atoms with E-state index in [1.165, 1.54) is 63.7 Å². The van der Waals surface area contributed by atoms with Gasteiger partial charge in [0, 0.05) is 30.4 Å². The van der Waals surface area contributed by atoms with E-state index in [1.807, 2.05) is 6.20 Å². The Kier molecular flexibility index (Phi) is 3.89. The summed E-state index contributed by atoms with van der Waals surface area (Å²) in [5, 5.41) is 0. The summed E-state index contributed by atoms with van der Waals surface area (Å²) >= 11 is 0. The molecule has 0 amide bonds. The molecule has 0 bridgehead atoms. The number of likely N-dealkylation sites (tertiary alicyclic amines) is 1. The number of rotatable bonds is 2. The van der Waals surface area contributed by atoms with Crippen molar-refractivity contribution in [2.24, 2.45) is 0 Å². The number of hydrogen-bond donors (Lipinski definition) is 0. The Bertz CT molecular complexity index is 359. The minimum absolute atomic E-state index is 0.628. The zero-order chi connectivity index (χ0) is 12.2. The van der Waals surface area contributed by atoms with E-state index in [-0.39, 0.29) is 0 Å². The second-order valence-corrected chi connectivity index (χ2v) is 5.76. The molecule has 1 atom stereocenters. The standard InChI is InChI=1S/C15H23N3/c1-2-6-14(7-3-1)18-10-4-5-13(11-18)15-8-9-16-12-17-15/h8-9,12-14H,1-7,10-11H2. The Morgan fingerprint density at radius 2 is 1.94 bits per heavy atom. The van der Waals surface area contributed by atoms with Gasteiger partial charge in [-0.15, -0.1) is 0 Å². The highest BCUT2D eigenvalue weighted by Gasteiger charge is 2.28. The van der Waals surface area contributed by atoms with E-state index in [2.05, 4.69) is 20.9 Å². The number of nitrogens with zero attached hydrogens (tertiary/aromatic N) is 3. The molecule has 0 N–H and O–H groups in total. The average molecular weight is 245 g/mol. The molecule has 0 aromatic carbocycles. The molecule has 3 nitrogen and oxygen atoms in total. The van der Waals surface area contributed by atoms with Gasteiger partial charge in [-0.05, 0) is 38.3 Å². The van der Waals surface area contributed by atoms with Gasteiger partial charge in [0.2, 0.25) is 0 Å². The lowest BCUT2D eigenvalue weighted by Crippen LogP contribution is -2.43. The third kappa shape index (κ3) is 2.72. The molecule has 1 saturated carbocycles. The van der Waals surface area contributed by atoms with Crippen LogP contribution in [-0.4, -0.2) is 34.0 Å². The molecule has 2 fully saturated rings. The van der Waals surface area contributed by atoms with Crippen LogP contribution in [0.25, 0.3) is 0 Å². The van der Waals surface area contributed by atoms with Crippen LogP contribution in [0.4, 0.5) is 0 Å². The fourth-order valence-electron chi connectivity index (χ4n) is 3.57. The van der Waals surface area contributed by atoms with Gasteiger partial charge in [0.1, 0.15) is 6.33 Å². The van der Waals surface area contributed by atoms with E-state index in [9.17, 15) is 0 Å². The number of hydrogen-bond acceptors (Lipinski definition) is 3. The summed E-state index contributed by atoms with van der Waals surface area (Å²) < 4.78 is 0. The molecule has 0 radical (unpaired) electrons. The molecule has 1 aromatic heterocycles. The van der Waals surface area contributed by atoms with Crippen molar-refractivity contribution in [3.63, 3.8) is 0 Å². The van der Waals surface area contributed by atoms with Gasteiger partial charge in [0.15, 0.2) is 0 Å². The molecule has 18 heavy (non-hydrogen) atoms. The van der Waals surface area contributed by atoms with E-state index in [1.54, 1.807) is 6.33 Å². The molecule has 3 rings (SSSR count). The minimum atomic E-state index is 0.628. The second-order valence-electron chi connectivity index (χ2n) is 5.76. The molecule has 1 aliphatic carbocycles. The third-order valence-electron chi connectivity index (χ3n) is 4.57. The van der Waals surface area contributed by atoms with Crippen molar-refractivity contribution in [3.8, 4) is 0 Å². The molecule has 1 unspecified atom stereocenters. The van der Waals surface area contributed by atoms with E-state index in [4.69, 9.17) is 0 Å². The lowest BCUT2D eigenvalue weighted by Gasteiger charge is -2.39. The molecule has 0 spiro atoms. The second kappa shape index (κ2) is 5.79. The highest BCUT2D eigenvalue weighted by Crippen LogP contribution is 2.30. The van der Waals surface area contributed by atoms with E-state index < -0.39 is 0 Å². The first-order valence-corrected chi connectivity index (χ1v) is 7.43. The first kappa shape index (κ1) is 12.1. The summed E-state index contributed by atoms with van der Waals surface area (Å²) in [6, 6.07) is 2.94. The van der Waals surface area contributed by atoms with Gasteiger partial charge in [-0.2, -0.15) is 0 Å². The van der Waals surface area contributed by atoms with Crippen LogP contribution in [0.3, 0.4) is 0 Å². The van der Waals surface area contributed by atoms with Gasteiger partial charge in [0.05, 0.1) is 0 Å². The summed E-state index contributed by atoms with van der Waals surface area (Å²) in [6.07, 6.45) is 13.3. The Balaban J connectivity index is 1.64. The Labute approximate surface area is 110 Å². The van der Waals surface area contributed by atoms with Gasteiger partial charge in [-0.1, -0.05) is 19.3 Å². The van der Waals surface area contributed by atoms with Crippen LogP contribution in [-0.2, 0) is 0 Å². The van der Waals surface area contributed by atoms with E-state index in [0.29, 0.717) is 5.92 Å². The van der Waals surface area contributed by atoms with Crippen LogP contribution >= 0.6 is 0 Å². The Hall–Kier alpha value is -0.960. The topological polar surface area (TPSA) is 29.0 Å². The maximum atomic E-state index is 4.44. The van der Waals surface area contributed by atoms with Crippen LogP contribution in [0.2, 0.25) is 0 Å². The number of aromatic nitrogens is 2. The summed E-state index contributed by atoms with van der Waals surface area (Å²) in [6.45, 7) is 2.51. The molecule has 1 saturated heterocycles. The largest absolute Gasteiger partial charge is 0.300 e. The smallest absolute Gasteiger partial charge is 0.115 e. The SMILES string of the molecule is c1cc(C2CCCN(C3CCCCC3)C2)ncn1. The molecular weight excluding hydrogens is 222 g/mol. The molecule has 98 valence electrons. The molecule has 1 aromatic rings. The van der Waals surface area contributed by atoms with Crippen molar-refractivity contribution in [1.82, 2.24) is 14.9 Å². The van der Waals surface area contributed by atoms with Gasteiger partial charge >= 0.3 is 0 Å². The zero-order valence-electron chi connectivity index (χ0n) is 11.1. The van der Waals surface area contributed by atoms with Crippen LogP contribution in [0.1, 0.15) is 56.6 Å². The lowest BCUT2D eigenvalue weighted by atomic mass is 9.89. The lowest BCUT2D eigenvalue weighted by molar-refractivity contribution is 0.118. The monoisotopic (exact) mass is 245 g/mol. The maximum absolute atomic E-state index is 4.44. The van der Waals surface area contributed by atoms with Crippen molar-refractivity contribution in [2.45, 2.75) is 56.9 Å². The van der Waals surface area contributed by atoms with Crippen molar-refractivity contribution in [2.75, 3.05) is 13.1 Å². The molecule has 1 aliphatic heterocycles. The van der Waals surface area contributed by atoms with Crippen LogP contribution in [0.5, 0.6) is 0 Å². The summed E-state index contributed by atoms with van der Waals surface area (Å²) in [4.78, 5) is 11.2. The predicted molar refractivity (Wildman–Crippen MR) is 72.5 cm³/mol. The minimum Gasteiger partial charge on any atom is -0.300 e. The van der Waals surface area contributed by atoms with Crippen LogP contribution < -0.4 is 0 Å². The average Bonchev–Trinajstić information content (AvgIpc) is 2.49. The molecule has 2 aliphatic rings. The van der Waals surface area contributed by atoms with E-state index in [0.717, 1.165) is 6.04 Å². The predicted octanol–water partition coefficient (Wildman–Crippen LogP) is 2.99. The summed E-state index contributed by atoms with van der Waals surface area (Å²) in [5.74, 6) is 0.628. The van der Waals surface area contributed by atoms with Crippen molar-refractivity contribution < 1.29 is 0 Å². The quantitative estimate of drug-likeness (QED) is 0.802. The third-order valence-corrected chi connectivity index (χ3v) is 4.57. The fourth-order valence-corrected chi connectivity index (χ4v) is 3.57. The zero-order valence-corrected chi connectivity index (χ0v) is 11.1. The Morgan fingerprint density at radius 1 is 1.06 bits per heavy atom. The highest BCUT2D eigenvalue weighted by molar-refractivity contribution is 5.08. The summed E-state index contributed by atoms with van der Waals surface area (Å²) in [7, 11) is 0. The molecule has 2 heterocycles. The van der Waals surface area contributed by atoms with Crippen LogP contribution in [0.15, 0.2) is 18.6 Å². The van der Waals surface area contributed by atoms with Crippen molar-refractivity contribution in [1.29, 1.82) is 0 Å². The normalized spacial score (nSPS) is 27.2. The first-order chi connectivity index (χ1) is 8.93. The van der Waals surface area contributed by atoms with Crippen LogP contribution in [0, 0.1) is 0 Å². The van der Waals surface area contributed by atoms with Crippen molar-refractivity contribution >= 4 is 0 Å². The van der Waals surface area contributed by atoms with Crippen molar-refractivity contribution in [3.05, 3.63) is 24.3 Å². The first-order valence-electron chi connectivity index (χ1n) is 7.43.